The molecule has 2 aromatic rings. The van der Waals surface area contributed by atoms with Gasteiger partial charge < -0.3 is 15.3 Å². The molecular formula is C17H17N3O3. The maximum atomic E-state index is 12.2. The van der Waals surface area contributed by atoms with E-state index in [0.29, 0.717) is 25.2 Å². The van der Waals surface area contributed by atoms with Crippen molar-refractivity contribution in [2.45, 2.75) is 12.5 Å². The molecular weight excluding hydrogens is 294 g/mol. The Balaban J connectivity index is 1.63. The number of carbonyl (C=O) groups is 2. The summed E-state index contributed by atoms with van der Waals surface area (Å²) in [5.41, 5.74) is 2.32. The molecule has 3 rings (SSSR count). The fraction of sp³-hybridized carbons (Fsp3) is 0.235. The fourth-order valence-electron chi connectivity index (χ4n) is 2.64. The van der Waals surface area contributed by atoms with Crippen LogP contribution in [0.15, 0.2) is 48.7 Å². The number of benzene rings is 1. The van der Waals surface area contributed by atoms with Gasteiger partial charge in [-0.15, -0.1) is 0 Å². The molecule has 2 heterocycles. The van der Waals surface area contributed by atoms with Crippen LogP contribution in [0.3, 0.4) is 0 Å². The van der Waals surface area contributed by atoms with E-state index in [4.69, 9.17) is 5.11 Å². The Hall–Kier alpha value is -2.89. The van der Waals surface area contributed by atoms with Crippen molar-refractivity contribution < 1.29 is 14.7 Å². The van der Waals surface area contributed by atoms with Crippen LogP contribution >= 0.6 is 0 Å². The molecule has 0 radical (unpaired) electrons. The first-order valence-corrected chi connectivity index (χ1v) is 7.43. The highest BCUT2D eigenvalue weighted by molar-refractivity contribution is 5.92. The summed E-state index contributed by atoms with van der Waals surface area (Å²) < 4.78 is 0. The normalized spacial score (nSPS) is 17.0. The van der Waals surface area contributed by atoms with Gasteiger partial charge in [0.05, 0.1) is 0 Å². The van der Waals surface area contributed by atoms with Crippen LogP contribution < -0.4 is 5.32 Å². The molecule has 0 saturated carbocycles. The van der Waals surface area contributed by atoms with Gasteiger partial charge in [-0.25, -0.2) is 4.79 Å². The highest BCUT2D eigenvalue weighted by Crippen LogP contribution is 2.18. The molecule has 23 heavy (non-hydrogen) atoms. The molecule has 118 valence electrons. The third-order valence-electron chi connectivity index (χ3n) is 3.90. The third kappa shape index (κ3) is 3.48. The van der Waals surface area contributed by atoms with E-state index in [1.165, 1.54) is 4.90 Å². The maximum Gasteiger partial charge on any atom is 0.407 e. The third-order valence-corrected chi connectivity index (χ3v) is 3.90. The van der Waals surface area contributed by atoms with Crippen molar-refractivity contribution in [3.63, 3.8) is 0 Å². The predicted octanol–water partition coefficient (Wildman–Crippen LogP) is 2.23. The fourth-order valence-corrected chi connectivity index (χ4v) is 2.64. The van der Waals surface area contributed by atoms with Gasteiger partial charge in [0.2, 0.25) is 0 Å². The average molecular weight is 311 g/mol. The number of carboxylic acid groups (broad SMARTS) is 1. The van der Waals surface area contributed by atoms with Crippen molar-refractivity contribution in [2.75, 3.05) is 13.1 Å². The van der Waals surface area contributed by atoms with Gasteiger partial charge in [0.25, 0.3) is 5.91 Å². The number of likely N-dealkylation sites (tertiary alicyclic amines) is 1. The number of hydrogen-bond acceptors (Lipinski definition) is 3. The minimum absolute atomic E-state index is 0.158. The molecule has 0 unspecified atom stereocenters. The summed E-state index contributed by atoms with van der Waals surface area (Å²) in [7, 11) is 0. The zero-order valence-electron chi connectivity index (χ0n) is 12.5. The Kier molecular flexibility index (Phi) is 4.23. The zero-order valence-corrected chi connectivity index (χ0v) is 12.5. The topological polar surface area (TPSA) is 82.5 Å². The first-order chi connectivity index (χ1) is 11.1. The molecule has 2 N–H and O–H groups in total. The molecule has 1 atom stereocenters. The molecule has 0 aliphatic carbocycles. The van der Waals surface area contributed by atoms with Gasteiger partial charge in [0.1, 0.15) is 5.69 Å². The maximum absolute atomic E-state index is 12.2. The van der Waals surface area contributed by atoms with E-state index in [2.05, 4.69) is 10.3 Å². The molecule has 1 fully saturated rings. The predicted molar refractivity (Wildman–Crippen MR) is 85.1 cm³/mol. The summed E-state index contributed by atoms with van der Waals surface area (Å²) in [5.74, 6) is -0.276. The molecule has 1 saturated heterocycles. The van der Waals surface area contributed by atoms with Crippen molar-refractivity contribution in [1.29, 1.82) is 0 Å². The smallest absolute Gasteiger partial charge is 0.407 e. The number of aromatic nitrogens is 1. The Morgan fingerprint density at radius 1 is 1.13 bits per heavy atom. The van der Waals surface area contributed by atoms with Gasteiger partial charge in [-0.05, 0) is 18.1 Å². The number of nitrogens with one attached hydrogen (secondary N) is 1. The number of pyridine rings is 1. The van der Waals surface area contributed by atoms with Crippen molar-refractivity contribution in [3.05, 3.63) is 54.4 Å². The molecule has 1 aliphatic heterocycles. The van der Waals surface area contributed by atoms with Crippen LogP contribution in [0.2, 0.25) is 0 Å². The van der Waals surface area contributed by atoms with Crippen LogP contribution in [-0.2, 0) is 0 Å². The summed E-state index contributed by atoms with van der Waals surface area (Å²) in [6, 6.07) is 13.2. The standard InChI is InChI=1S/C17H17N3O3/c21-16(19-14-8-9-20(11-14)17(22)23)15-7-6-13(10-18-15)12-4-2-1-3-5-12/h1-7,10,14H,8-9,11H2,(H,19,21)(H,22,23)/t14-/m1/s1. The van der Waals surface area contributed by atoms with Crippen molar-refractivity contribution in [1.82, 2.24) is 15.2 Å². The first kappa shape index (κ1) is 15.0. The summed E-state index contributed by atoms with van der Waals surface area (Å²) in [6.07, 6.45) is 1.34. The molecule has 2 amide bonds. The van der Waals surface area contributed by atoms with Crippen molar-refractivity contribution in [3.8, 4) is 11.1 Å². The van der Waals surface area contributed by atoms with E-state index in [1.54, 1.807) is 12.3 Å². The molecule has 1 aromatic heterocycles. The van der Waals surface area contributed by atoms with Crippen molar-refractivity contribution in [2.24, 2.45) is 0 Å². The highest BCUT2D eigenvalue weighted by atomic mass is 16.4. The van der Waals surface area contributed by atoms with E-state index < -0.39 is 6.09 Å². The van der Waals surface area contributed by atoms with E-state index in [1.807, 2.05) is 36.4 Å². The number of rotatable bonds is 3. The lowest BCUT2D eigenvalue weighted by atomic mass is 10.1. The molecule has 1 aliphatic rings. The van der Waals surface area contributed by atoms with Crippen LogP contribution in [-0.4, -0.2) is 46.1 Å². The van der Waals surface area contributed by atoms with Crippen LogP contribution in [0.25, 0.3) is 11.1 Å². The monoisotopic (exact) mass is 311 g/mol. The second-order valence-corrected chi connectivity index (χ2v) is 5.49. The minimum atomic E-state index is -0.952. The number of nitrogens with zero attached hydrogens (tertiary/aromatic N) is 2. The lowest BCUT2D eigenvalue weighted by Crippen LogP contribution is -2.38. The molecule has 0 spiro atoms. The Bertz CT molecular complexity index is 701. The van der Waals surface area contributed by atoms with Gasteiger partial charge in [-0.2, -0.15) is 0 Å². The summed E-state index contributed by atoms with van der Waals surface area (Å²) in [6.45, 7) is 0.768. The van der Waals surface area contributed by atoms with E-state index in [0.717, 1.165) is 11.1 Å². The minimum Gasteiger partial charge on any atom is -0.465 e. The zero-order chi connectivity index (χ0) is 16.2. The molecule has 1 aromatic carbocycles. The van der Waals surface area contributed by atoms with E-state index in [-0.39, 0.29) is 11.9 Å². The lowest BCUT2D eigenvalue weighted by Gasteiger charge is -2.13. The molecule has 6 nitrogen and oxygen atoms in total. The Morgan fingerprint density at radius 2 is 1.91 bits per heavy atom. The lowest BCUT2D eigenvalue weighted by molar-refractivity contribution is 0.0931. The van der Waals surface area contributed by atoms with E-state index >= 15 is 0 Å². The molecule has 0 bridgehead atoms. The Morgan fingerprint density at radius 3 is 2.52 bits per heavy atom. The van der Waals surface area contributed by atoms with Gasteiger partial charge in [-0.1, -0.05) is 36.4 Å². The number of hydrogen-bond donors (Lipinski definition) is 2. The summed E-state index contributed by atoms with van der Waals surface area (Å²) >= 11 is 0. The number of carbonyl (C=O) groups excluding carboxylic acids is 1. The average Bonchev–Trinajstić information content (AvgIpc) is 3.04. The van der Waals surface area contributed by atoms with Gasteiger partial charge in [0.15, 0.2) is 0 Å². The largest absolute Gasteiger partial charge is 0.465 e. The van der Waals surface area contributed by atoms with Crippen LogP contribution in [0, 0.1) is 0 Å². The second-order valence-electron chi connectivity index (χ2n) is 5.49. The summed E-state index contributed by atoms with van der Waals surface area (Å²) in [4.78, 5) is 28.6. The SMILES string of the molecule is O=C(N[C@@H]1CCN(C(=O)O)C1)c1ccc(-c2ccccc2)cn1. The Labute approximate surface area is 133 Å². The van der Waals surface area contributed by atoms with E-state index in [9.17, 15) is 9.59 Å². The van der Waals surface area contributed by atoms with Crippen LogP contribution in [0.1, 0.15) is 16.9 Å². The van der Waals surface area contributed by atoms with Gasteiger partial charge in [-0.3, -0.25) is 9.78 Å². The van der Waals surface area contributed by atoms with Gasteiger partial charge in [0, 0.05) is 30.9 Å². The van der Waals surface area contributed by atoms with Gasteiger partial charge >= 0.3 is 6.09 Å². The quantitative estimate of drug-likeness (QED) is 0.910. The second kappa shape index (κ2) is 6.48. The van der Waals surface area contributed by atoms with Crippen LogP contribution in [0.4, 0.5) is 4.79 Å². The van der Waals surface area contributed by atoms with Crippen LogP contribution in [0.5, 0.6) is 0 Å². The summed E-state index contributed by atoms with van der Waals surface area (Å²) in [5, 5.41) is 11.8. The molecule has 6 heteroatoms. The highest BCUT2D eigenvalue weighted by Gasteiger charge is 2.27. The number of amides is 2. The van der Waals surface area contributed by atoms with Crippen molar-refractivity contribution >= 4 is 12.0 Å². The first-order valence-electron chi connectivity index (χ1n) is 7.43.